The summed E-state index contributed by atoms with van der Waals surface area (Å²) in [5.41, 5.74) is 3.84. The van der Waals surface area contributed by atoms with Crippen molar-refractivity contribution in [2.24, 2.45) is 0 Å². The maximum atomic E-state index is 12.1. The molecule has 0 aliphatic heterocycles. The molecule has 6 nitrogen and oxygen atoms in total. The smallest absolute Gasteiger partial charge is 0.337 e. The van der Waals surface area contributed by atoms with E-state index in [1.165, 1.54) is 0 Å². The van der Waals surface area contributed by atoms with Crippen LogP contribution in [0.15, 0.2) is 96.7 Å². The molecule has 1 heterocycles. The van der Waals surface area contributed by atoms with Crippen LogP contribution in [0, 0.1) is 0 Å². The Kier molecular flexibility index (Phi) is 6.72. The van der Waals surface area contributed by atoms with Gasteiger partial charge in [-0.1, -0.05) is 54.6 Å². The molecule has 5 rings (SSSR count). The zero-order valence-corrected chi connectivity index (χ0v) is 20.6. The number of aromatic nitrogens is 1. The molecule has 0 radical (unpaired) electrons. The highest BCUT2D eigenvalue weighted by Crippen LogP contribution is 2.30. The molecule has 6 heteroatoms. The van der Waals surface area contributed by atoms with E-state index in [1.807, 2.05) is 73.7 Å². The molecule has 0 spiro atoms. The van der Waals surface area contributed by atoms with Gasteiger partial charge in [-0.05, 0) is 59.8 Å². The van der Waals surface area contributed by atoms with E-state index >= 15 is 0 Å². The monoisotopic (exact) mass is 490 g/mol. The maximum Gasteiger partial charge on any atom is 0.337 e. The SMILES string of the molecule is COc1ccc2ncc(Nc3c(/C=C(\C)COc4cccc5ccccc45)cccc3C(=O)O)cc2c1. The summed E-state index contributed by atoms with van der Waals surface area (Å²) in [5, 5.41) is 16.2. The van der Waals surface area contributed by atoms with E-state index in [1.54, 1.807) is 25.4 Å². The van der Waals surface area contributed by atoms with Crippen LogP contribution in [0.5, 0.6) is 11.5 Å². The number of methoxy groups -OCH3 is 1. The summed E-state index contributed by atoms with van der Waals surface area (Å²) < 4.78 is 11.5. The number of benzene rings is 4. The Balaban J connectivity index is 1.45. The van der Waals surface area contributed by atoms with Gasteiger partial charge in [0.2, 0.25) is 0 Å². The maximum absolute atomic E-state index is 12.1. The van der Waals surface area contributed by atoms with Crippen LogP contribution in [-0.2, 0) is 0 Å². The van der Waals surface area contributed by atoms with Crippen molar-refractivity contribution in [3.8, 4) is 11.5 Å². The number of nitrogens with zero attached hydrogens (tertiary/aromatic N) is 1. The predicted molar refractivity (Wildman–Crippen MR) is 148 cm³/mol. The third-order valence-corrected chi connectivity index (χ3v) is 6.09. The molecule has 0 atom stereocenters. The lowest BCUT2D eigenvalue weighted by Crippen LogP contribution is -2.05. The van der Waals surface area contributed by atoms with Gasteiger partial charge >= 0.3 is 5.97 Å². The molecule has 0 saturated heterocycles. The third-order valence-electron chi connectivity index (χ3n) is 6.09. The van der Waals surface area contributed by atoms with Crippen molar-refractivity contribution in [3.63, 3.8) is 0 Å². The molecule has 0 aliphatic rings. The minimum atomic E-state index is -1.02. The summed E-state index contributed by atoms with van der Waals surface area (Å²) in [6.07, 6.45) is 3.63. The van der Waals surface area contributed by atoms with E-state index in [4.69, 9.17) is 9.47 Å². The van der Waals surface area contributed by atoms with Gasteiger partial charge in [-0.3, -0.25) is 4.98 Å². The average Bonchev–Trinajstić information content (AvgIpc) is 2.92. The van der Waals surface area contributed by atoms with E-state index in [2.05, 4.69) is 22.4 Å². The lowest BCUT2D eigenvalue weighted by molar-refractivity contribution is 0.0698. The lowest BCUT2D eigenvalue weighted by atomic mass is 10.0. The number of hydrogen-bond acceptors (Lipinski definition) is 5. The Hall–Kier alpha value is -4.84. The molecule has 0 bridgehead atoms. The van der Waals surface area contributed by atoms with Gasteiger partial charge in [-0.15, -0.1) is 0 Å². The van der Waals surface area contributed by atoms with Crippen LogP contribution in [0.4, 0.5) is 11.4 Å². The molecule has 5 aromatic rings. The minimum Gasteiger partial charge on any atom is -0.497 e. The summed E-state index contributed by atoms with van der Waals surface area (Å²) in [6, 6.07) is 26.8. The second-order valence-electron chi connectivity index (χ2n) is 8.74. The summed E-state index contributed by atoms with van der Waals surface area (Å²) in [6.45, 7) is 2.33. The molecule has 0 aliphatic carbocycles. The van der Waals surface area contributed by atoms with Crippen LogP contribution in [0.3, 0.4) is 0 Å². The number of rotatable bonds is 8. The number of para-hydroxylation sites is 1. The average molecular weight is 491 g/mol. The number of ether oxygens (including phenoxy) is 2. The quantitative estimate of drug-likeness (QED) is 0.237. The fraction of sp³-hybridized carbons (Fsp3) is 0.0968. The predicted octanol–water partition coefficient (Wildman–Crippen LogP) is 7.32. The Bertz CT molecular complexity index is 1640. The highest BCUT2D eigenvalue weighted by Gasteiger charge is 2.14. The Labute approximate surface area is 214 Å². The number of fused-ring (bicyclic) bond motifs is 2. The first-order valence-electron chi connectivity index (χ1n) is 11.9. The molecule has 37 heavy (non-hydrogen) atoms. The van der Waals surface area contributed by atoms with Crippen LogP contribution in [-0.4, -0.2) is 29.8 Å². The second-order valence-corrected chi connectivity index (χ2v) is 8.74. The fourth-order valence-electron chi connectivity index (χ4n) is 4.28. The van der Waals surface area contributed by atoms with E-state index in [0.717, 1.165) is 44.3 Å². The van der Waals surface area contributed by atoms with Gasteiger partial charge in [0, 0.05) is 10.8 Å². The van der Waals surface area contributed by atoms with E-state index in [0.29, 0.717) is 18.0 Å². The van der Waals surface area contributed by atoms with Crippen molar-refractivity contribution in [3.05, 3.63) is 108 Å². The molecule has 0 saturated carbocycles. The van der Waals surface area contributed by atoms with Crippen molar-refractivity contribution < 1.29 is 19.4 Å². The number of hydrogen-bond donors (Lipinski definition) is 2. The number of carboxylic acid groups (broad SMARTS) is 1. The van der Waals surface area contributed by atoms with Crippen molar-refractivity contribution in [2.45, 2.75) is 6.92 Å². The summed E-state index contributed by atoms with van der Waals surface area (Å²) >= 11 is 0. The Morgan fingerprint density at radius 3 is 2.62 bits per heavy atom. The molecule has 184 valence electrons. The second kappa shape index (κ2) is 10.4. The van der Waals surface area contributed by atoms with Gasteiger partial charge in [0.15, 0.2) is 0 Å². The zero-order valence-electron chi connectivity index (χ0n) is 20.6. The molecular weight excluding hydrogens is 464 g/mol. The zero-order chi connectivity index (χ0) is 25.8. The van der Waals surface area contributed by atoms with Crippen molar-refractivity contribution in [1.82, 2.24) is 4.98 Å². The Morgan fingerprint density at radius 2 is 1.78 bits per heavy atom. The Morgan fingerprint density at radius 1 is 0.973 bits per heavy atom. The van der Waals surface area contributed by atoms with Crippen molar-refractivity contribution >= 4 is 45.1 Å². The van der Waals surface area contributed by atoms with Crippen LogP contribution >= 0.6 is 0 Å². The first-order valence-corrected chi connectivity index (χ1v) is 11.9. The molecule has 1 aromatic heterocycles. The van der Waals surface area contributed by atoms with Gasteiger partial charge in [-0.25, -0.2) is 4.79 Å². The summed E-state index contributed by atoms with van der Waals surface area (Å²) in [4.78, 5) is 16.6. The number of carbonyl (C=O) groups is 1. The fourth-order valence-corrected chi connectivity index (χ4v) is 4.28. The lowest BCUT2D eigenvalue weighted by Gasteiger charge is -2.15. The molecule has 0 fully saturated rings. The topological polar surface area (TPSA) is 80.7 Å². The van der Waals surface area contributed by atoms with Gasteiger partial charge in [-0.2, -0.15) is 0 Å². The van der Waals surface area contributed by atoms with Crippen molar-refractivity contribution in [1.29, 1.82) is 0 Å². The highest BCUT2D eigenvalue weighted by molar-refractivity contribution is 5.98. The number of aromatic carboxylic acids is 1. The largest absolute Gasteiger partial charge is 0.497 e. The molecular formula is C31H26N2O4. The first-order chi connectivity index (χ1) is 18.0. The van der Waals surface area contributed by atoms with Gasteiger partial charge in [0.25, 0.3) is 0 Å². The summed E-state index contributed by atoms with van der Waals surface area (Å²) in [5.74, 6) is 0.516. The number of pyridine rings is 1. The molecule has 0 amide bonds. The van der Waals surface area contributed by atoms with Crippen LogP contribution in [0.2, 0.25) is 0 Å². The van der Waals surface area contributed by atoms with Gasteiger partial charge in [0.05, 0.1) is 35.8 Å². The van der Waals surface area contributed by atoms with Gasteiger partial charge in [0.1, 0.15) is 18.1 Å². The third kappa shape index (κ3) is 5.23. The first kappa shape index (κ1) is 23.9. The van der Waals surface area contributed by atoms with Gasteiger partial charge < -0.3 is 19.9 Å². The normalized spacial score (nSPS) is 11.5. The molecule has 0 unspecified atom stereocenters. The molecule has 4 aromatic carbocycles. The van der Waals surface area contributed by atoms with E-state index in [9.17, 15) is 9.90 Å². The molecule has 2 N–H and O–H groups in total. The van der Waals surface area contributed by atoms with E-state index < -0.39 is 5.97 Å². The van der Waals surface area contributed by atoms with Crippen molar-refractivity contribution in [2.75, 3.05) is 19.0 Å². The van der Waals surface area contributed by atoms with Crippen LogP contribution < -0.4 is 14.8 Å². The minimum absolute atomic E-state index is 0.169. The standard InChI is InChI=1S/C31H26N2O4/c1-20(19-37-29-12-6-8-21-7-3-4-10-26(21)29)15-22-9-5-11-27(31(34)35)30(22)33-24-16-23-17-25(36-2)13-14-28(23)32-18-24/h3-18,33H,19H2,1-2H3,(H,34,35)/b20-15+. The van der Waals surface area contributed by atoms with Crippen LogP contribution in [0.25, 0.3) is 27.8 Å². The summed E-state index contributed by atoms with van der Waals surface area (Å²) in [7, 11) is 1.62. The number of carboxylic acids is 1. The number of anilines is 2. The van der Waals surface area contributed by atoms with E-state index in [-0.39, 0.29) is 5.56 Å². The highest BCUT2D eigenvalue weighted by atomic mass is 16.5. The van der Waals surface area contributed by atoms with Crippen LogP contribution in [0.1, 0.15) is 22.8 Å². The number of nitrogens with one attached hydrogen (secondary N) is 1.